The Morgan fingerprint density at radius 1 is 1.14 bits per heavy atom. The average molecular weight is 294 g/mol. The van der Waals surface area contributed by atoms with Gasteiger partial charge in [-0.25, -0.2) is 0 Å². The van der Waals surface area contributed by atoms with Crippen LogP contribution in [0.3, 0.4) is 0 Å². The van der Waals surface area contributed by atoms with Crippen LogP contribution in [0.5, 0.6) is 0 Å². The standard InChI is InChI=1S/C19H22N2O/c1-15-7-6-10-17(20-15)13-21-14-19(2,12-11-18(21)22)16-8-4-3-5-9-16/h3-10H,11-14H2,1-2H3. The molecular formula is C19H22N2O. The SMILES string of the molecule is Cc1cccc(CN2CC(C)(c3ccccc3)CCC2=O)n1. The van der Waals surface area contributed by atoms with E-state index in [-0.39, 0.29) is 11.3 Å². The molecule has 1 aliphatic heterocycles. The van der Waals surface area contributed by atoms with E-state index in [4.69, 9.17) is 0 Å². The lowest BCUT2D eigenvalue weighted by Crippen LogP contribution is -2.47. The first-order valence-corrected chi connectivity index (χ1v) is 7.83. The van der Waals surface area contributed by atoms with Gasteiger partial charge in [0.1, 0.15) is 0 Å². The summed E-state index contributed by atoms with van der Waals surface area (Å²) in [4.78, 5) is 18.8. The molecule has 1 atom stereocenters. The highest BCUT2D eigenvalue weighted by atomic mass is 16.2. The number of carbonyl (C=O) groups is 1. The summed E-state index contributed by atoms with van der Waals surface area (Å²) in [5.41, 5.74) is 3.29. The summed E-state index contributed by atoms with van der Waals surface area (Å²) in [7, 11) is 0. The fraction of sp³-hybridized carbons (Fsp3) is 0.368. The van der Waals surface area contributed by atoms with Crippen molar-refractivity contribution >= 4 is 5.91 Å². The minimum absolute atomic E-state index is 0.0268. The van der Waals surface area contributed by atoms with Gasteiger partial charge < -0.3 is 4.90 Å². The van der Waals surface area contributed by atoms with Gasteiger partial charge in [-0.1, -0.05) is 43.3 Å². The molecular weight excluding hydrogens is 272 g/mol. The predicted molar refractivity (Wildman–Crippen MR) is 87.4 cm³/mol. The molecule has 1 aromatic heterocycles. The molecule has 1 aliphatic rings. The lowest BCUT2D eigenvalue weighted by molar-refractivity contribution is -0.136. The number of nitrogens with zero attached hydrogens (tertiary/aromatic N) is 2. The van der Waals surface area contributed by atoms with E-state index in [2.05, 4.69) is 36.2 Å². The summed E-state index contributed by atoms with van der Waals surface area (Å²) < 4.78 is 0. The van der Waals surface area contributed by atoms with Crippen LogP contribution in [-0.2, 0) is 16.8 Å². The van der Waals surface area contributed by atoms with Gasteiger partial charge in [0.2, 0.25) is 5.91 Å². The first kappa shape index (κ1) is 14.8. The maximum absolute atomic E-state index is 12.3. The Kier molecular flexibility index (Phi) is 3.97. The van der Waals surface area contributed by atoms with Crippen LogP contribution in [0.15, 0.2) is 48.5 Å². The van der Waals surface area contributed by atoms with Gasteiger partial charge in [-0.2, -0.15) is 0 Å². The van der Waals surface area contributed by atoms with Crippen LogP contribution in [0.4, 0.5) is 0 Å². The zero-order valence-electron chi connectivity index (χ0n) is 13.2. The molecule has 1 amide bonds. The van der Waals surface area contributed by atoms with Crippen molar-refractivity contribution < 1.29 is 4.79 Å². The number of aryl methyl sites for hydroxylation is 1. The summed E-state index contributed by atoms with van der Waals surface area (Å²) in [6, 6.07) is 16.5. The molecule has 0 aliphatic carbocycles. The van der Waals surface area contributed by atoms with Gasteiger partial charge >= 0.3 is 0 Å². The highest BCUT2D eigenvalue weighted by Gasteiger charge is 2.36. The van der Waals surface area contributed by atoms with Crippen molar-refractivity contribution in [2.45, 2.75) is 38.6 Å². The van der Waals surface area contributed by atoms with Crippen molar-refractivity contribution in [3.8, 4) is 0 Å². The molecule has 0 spiro atoms. The number of aromatic nitrogens is 1. The zero-order chi connectivity index (χ0) is 15.6. The number of hydrogen-bond donors (Lipinski definition) is 0. The van der Waals surface area contributed by atoms with Gasteiger partial charge in [-0.15, -0.1) is 0 Å². The van der Waals surface area contributed by atoms with E-state index in [0.29, 0.717) is 13.0 Å². The monoisotopic (exact) mass is 294 g/mol. The first-order chi connectivity index (χ1) is 10.6. The van der Waals surface area contributed by atoms with Crippen molar-refractivity contribution in [1.82, 2.24) is 9.88 Å². The van der Waals surface area contributed by atoms with Gasteiger partial charge in [-0.05, 0) is 31.0 Å². The van der Waals surface area contributed by atoms with Gasteiger partial charge in [-0.3, -0.25) is 9.78 Å². The highest BCUT2D eigenvalue weighted by Crippen LogP contribution is 2.34. The predicted octanol–water partition coefficient (Wildman–Crippen LogP) is 3.47. The molecule has 114 valence electrons. The van der Waals surface area contributed by atoms with E-state index in [0.717, 1.165) is 24.4 Å². The van der Waals surface area contributed by atoms with Crippen molar-refractivity contribution in [2.24, 2.45) is 0 Å². The molecule has 2 aromatic rings. The lowest BCUT2D eigenvalue weighted by atomic mass is 9.75. The summed E-state index contributed by atoms with van der Waals surface area (Å²) in [6.45, 7) is 5.59. The molecule has 2 heterocycles. The van der Waals surface area contributed by atoms with Gasteiger partial charge in [0.15, 0.2) is 0 Å². The molecule has 1 saturated heterocycles. The van der Waals surface area contributed by atoms with Crippen LogP contribution in [-0.4, -0.2) is 22.3 Å². The fourth-order valence-electron chi connectivity index (χ4n) is 3.23. The summed E-state index contributed by atoms with van der Waals surface area (Å²) in [6.07, 6.45) is 1.52. The Morgan fingerprint density at radius 2 is 1.91 bits per heavy atom. The quantitative estimate of drug-likeness (QED) is 0.868. The van der Waals surface area contributed by atoms with Crippen LogP contribution in [0, 0.1) is 6.92 Å². The molecule has 0 N–H and O–H groups in total. The molecule has 22 heavy (non-hydrogen) atoms. The lowest BCUT2D eigenvalue weighted by Gasteiger charge is -2.40. The summed E-state index contributed by atoms with van der Waals surface area (Å²) in [5.74, 6) is 0.233. The van der Waals surface area contributed by atoms with E-state index < -0.39 is 0 Å². The van der Waals surface area contributed by atoms with E-state index in [1.165, 1.54) is 5.56 Å². The van der Waals surface area contributed by atoms with Crippen molar-refractivity contribution in [2.75, 3.05) is 6.54 Å². The van der Waals surface area contributed by atoms with Gasteiger partial charge in [0.05, 0.1) is 12.2 Å². The molecule has 0 bridgehead atoms. The normalized spacial score (nSPS) is 21.9. The van der Waals surface area contributed by atoms with E-state index in [1.807, 2.05) is 36.1 Å². The second kappa shape index (κ2) is 5.91. The Hall–Kier alpha value is -2.16. The smallest absolute Gasteiger partial charge is 0.222 e. The van der Waals surface area contributed by atoms with Crippen LogP contribution < -0.4 is 0 Å². The first-order valence-electron chi connectivity index (χ1n) is 7.83. The second-order valence-electron chi connectivity index (χ2n) is 6.45. The van der Waals surface area contributed by atoms with E-state index in [1.54, 1.807) is 0 Å². The topological polar surface area (TPSA) is 33.2 Å². The van der Waals surface area contributed by atoms with Crippen molar-refractivity contribution in [3.05, 3.63) is 65.5 Å². The third-order valence-corrected chi connectivity index (χ3v) is 4.55. The molecule has 3 heteroatoms. The van der Waals surface area contributed by atoms with Crippen LogP contribution in [0.1, 0.15) is 36.7 Å². The third-order valence-electron chi connectivity index (χ3n) is 4.55. The maximum Gasteiger partial charge on any atom is 0.222 e. The largest absolute Gasteiger partial charge is 0.336 e. The van der Waals surface area contributed by atoms with E-state index >= 15 is 0 Å². The Labute approximate surface area is 132 Å². The fourth-order valence-corrected chi connectivity index (χ4v) is 3.23. The Morgan fingerprint density at radius 3 is 2.64 bits per heavy atom. The summed E-state index contributed by atoms with van der Waals surface area (Å²) in [5, 5.41) is 0. The average Bonchev–Trinajstić information content (AvgIpc) is 2.52. The molecule has 1 unspecified atom stereocenters. The minimum atomic E-state index is 0.0268. The van der Waals surface area contributed by atoms with Crippen molar-refractivity contribution in [1.29, 1.82) is 0 Å². The molecule has 0 radical (unpaired) electrons. The number of benzene rings is 1. The maximum atomic E-state index is 12.3. The molecule has 0 saturated carbocycles. The second-order valence-corrected chi connectivity index (χ2v) is 6.45. The number of amides is 1. The molecule has 3 rings (SSSR count). The number of carbonyl (C=O) groups excluding carboxylic acids is 1. The molecule has 3 nitrogen and oxygen atoms in total. The van der Waals surface area contributed by atoms with Gasteiger partial charge in [0, 0.05) is 24.1 Å². The molecule has 1 aromatic carbocycles. The number of rotatable bonds is 3. The Balaban J connectivity index is 1.81. The number of hydrogen-bond acceptors (Lipinski definition) is 2. The molecule has 1 fully saturated rings. The zero-order valence-corrected chi connectivity index (χ0v) is 13.2. The van der Waals surface area contributed by atoms with Crippen LogP contribution in [0.2, 0.25) is 0 Å². The van der Waals surface area contributed by atoms with E-state index in [9.17, 15) is 4.79 Å². The van der Waals surface area contributed by atoms with Crippen molar-refractivity contribution in [3.63, 3.8) is 0 Å². The number of likely N-dealkylation sites (tertiary alicyclic amines) is 1. The van der Waals surface area contributed by atoms with Crippen LogP contribution in [0.25, 0.3) is 0 Å². The van der Waals surface area contributed by atoms with Gasteiger partial charge in [0.25, 0.3) is 0 Å². The minimum Gasteiger partial charge on any atom is -0.336 e. The van der Waals surface area contributed by atoms with Crippen LogP contribution >= 0.6 is 0 Å². The third kappa shape index (κ3) is 3.03. The Bertz CT molecular complexity index is 668. The number of piperidine rings is 1. The highest BCUT2D eigenvalue weighted by molar-refractivity contribution is 5.77. The summed E-state index contributed by atoms with van der Waals surface area (Å²) >= 11 is 0. The number of pyridine rings is 1.